The van der Waals surface area contributed by atoms with Crippen LogP contribution in [0.1, 0.15) is 18.1 Å². The number of aryl methyl sites for hydroxylation is 1. The number of carbonyl (C=O) groups excluding carboxylic acids is 1. The number of carbonyl (C=O) groups is 1. The van der Waals surface area contributed by atoms with Crippen molar-refractivity contribution in [2.75, 3.05) is 33.8 Å². The summed E-state index contributed by atoms with van der Waals surface area (Å²) in [6, 6.07) is 5.35. The third kappa shape index (κ3) is 5.20. The molecular formula is C20H26N2O4. The highest BCUT2D eigenvalue weighted by Crippen LogP contribution is 2.24. The molecule has 1 N–H and O–H groups in total. The van der Waals surface area contributed by atoms with Crippen LogP contribution < -0.4 is 15.7 Å². The Balaban J connectivity index is 2.21. The zero-order valence-electron chi connectivity index (χ0n) is 15.8. The molecule has 0 saturated heterocycles. The van der Waals surface area contributed by atoms with Crippen LogP contribution in [-0.4, -0.2) is 44.6 Å². The zero-order valence-corrected chi connectivity index (χ0v) is 15.8. The molecule has 0 radical (unpaired) electrons. The Labute approximate surface area is 153 Å². The van der Waals surface area contributed by atoms with Gasteiger partial charge in [0.2, 0.25) is 5.91 Å². The van der Waals surface area contributed by atoms with Crippen molar-refractivity contribution in [3.63, 3.8) is 0 Å². The maximum absolute atomic E-state index is 12.3. The van der Waals surface area contributed by atoms with Gasteiger partial charge in [-0.2, -0.15) is 0 Å². The number of ether oxygens (including phenoxy) is 1. The van der Waals surface area contributed by atoms with Gasteiger partial charge < -0.3 is 19.4 Å². The van der Waals surface area contributed by atoms with Crippen molar-refractivity contribution < 1.29 is 13.9 Å². The predicted octanol–water partition coefficient (Wildman–Crippen LogP) is 2.28. The molecule has 0 unspecified atom stereocenters. The van der Waals surface area contributed by atoms with Crippen LogP contribution in [0.3, 0.4) is 0 Å². The molecule has 0 spiro atoms. The fourth-order valence-electron chi connectivity index (χ4n) is 2.52. The van der Waals surface area contributed by atoms with Crippen LogP contribution in [0.15, 0.2) is 39.6 Å². The SMILES string of the molecule is C=C(C)COc1ccc2c(C)c(CC(=O)NCCN(C)C)c(=O)oc2c1. The Bertz CT molecular complexity index is 868. The summed E-state index contributed by atoms with van der Waals surface area (Å²) in [4.78, 5) is 26.4. The molecule has 26 heavy (non-hydrogen) atoms. The van der Waals surface area contributed by atoms with Crippen LogP contribution in [0.5, 0.6) is 5.75 Å². The summed E-state index contributed by atoms with van der Waals surface area (Å²) < 4.78 is 11.0. The van der Waals surface area contributed by atoms with E-state index in [1.54, 1.807) is 6.07 Å². The Hall–Kier alpha value is -2.60. The summed E-state index contributed by atoms with van der Waals surface area (Å²) in [5.41, 5.74) is 2.00. The molecule has 1 heterocycles. The number of nitrogens with one attached hydrogen (secondary N) is 1. The van der Waals surface area contributed by atoms with E-state index in [0.717, 1.165) is 23.1 Å². The Morgan fingerprint density at radius 1 is 1.35 bits per heavy atom. The maximum atomic E-state index is 12.3. The van der Waals surface area contributed by atoms with E-state index in [1.807, 2.05) is 45.0 Å². The highest BCUT2D eigenvalue weighted by Gasteiger charge is 2.15. The minimum absolute atomic E-state index is 0.00540. The average molecular weight is 358 g/mol. The summed E-state index contributed by atoms with van der Waals surface area (Å²) in [7, 11) is 3.87. The van der Waals surface area contributed by atoms with Crippen LogP contribution in [-0.2, 0) is 11.2 Å². The molecule has 0 atom stereocenters. The Morgan fingerprint density at radius 2 is 2.08 bits per heavy atom. The van der Waals surface area contributed by atoms with Crippen LogP contribution in [0.25, 0.3) is 11.0 Å². The monoisotopic (exact) mass is 358 g/mol. The van der Waals surface area contributed by atoms with Gasteiger partial charge in [-0.15, -0.1) is 0 Å². The number of nitrogens with zero attached hydrogens (tertiary/aromatic N) is 1. The normalized spacial score (nSPS) is 11.0. The smallest absolute Gasteiger partial charge is 0.340 e. The summed E-state index contributed by atoms with van der Waals surface area (Å²) >= 11 is 0. The van der Waals surface area contributed by atoms with E-state index in [1.165, 1.54) is 0 Å². The third-order valence-electron chi connectivity index (χ3n) is 3.96. The van der Waals surface area contributed by atoms with Crippen LogP contribution in [0.2, 0.25) is 0 Å². The lowest BCUT2D eigenvalue weighted by Crippen LogP contribution is -2.33. The molecule has 0 saturated carbocycles. The average Bonchev–Trinajstić information content (AvgIpc) is 2.56. The molecule has 1 amide bonds. The summed E-state index contributed by atoms with van der Waals surface area (Å²) in [6.45, 7) is 9.18. The highest BCUT2D eigenvalue weighted by atomic mass is 16.5. The van der Waals surface area contributed by atoms with Gasteiger partial charge in [-0.25, -0.2) is 4.79 Å². The standard InChI is InChI=1S/C20H26N2O4/c1-13(2)12-25-15-6-7-16-14(3)17(20(24)26-18(16)10-15)11-19(23)21-8-9-22(4)5/h6-7,10H,1,8-9,11-12H2,2-5H3,(H,21,23). The van der Waals surface area contributed by atoms with Gasteiger partial charge in [-0.1, -0.05) is 6.58 Å². The largest absolute Gasteiger partial charge is 0.489 e. The predicted molar refractivity (Wildman–Crippen MR) is 103 cm³/mol. The maximum Gasteiger partial charge on any atom is 0.340 e. The van der Waals surface area contributed by atoms with Crippen molar-refractivity contribution in [2.45, 2.75) is 20.3 Å². The quantitative estimate of drug-likeness (QED) is 0.579. The zero-order chi connectivity index (χ0) is 19.3. The molecule has 0 aliphatic carbocycles. The first-order valence-electron chi connectivity index (χ1n) is 8.53. The van der Waals surface area contributed by atoms with Gasteiger partial charge in [0.1, 0.15) is 17.9 Å². The number of hydrogen-bond donors (Lipinski definition) is 1. The van der Waals surface area contributed by atoms with Crippen molar-refractivity contribution in [1.82, 2.24) is 10.2 Å². The molecule has 2 rings (SSSR count). The first-order valence-corrected chi connectivity index (χ1v) is 8.53. The van der Waals surface area contributed by atoms with E-state index >= 15 is 0 Å². The molecule has 1 aromatic carbocycles. The van der Waals surface area contributed by atoms with Crippen molar-refractivity contribution in [3.05, 3.63) is 51.9 Å². The van der Waals surface area contributed by atoms with Gasteiger partial charge in [-0.05, 0) is 51.2 Å². The van der Waals surface area contributed by atoms with Gasteiger partial charge in [0.25, 0.3) is 0 Å². The number of hydrogen-bond acceptors (Lipinski definition) is 5. The highest BCUT2D eigenvalue weighted by molar-refractivity contribution is 5.85. The second kappa shape index (κ2) is 8.67. The molecule has 140 valence electrons. The van der Waals surface area contributed by atoms with E-state index < -0.39 is 5.63 Å². The molecule has 6 nitrogen and oxygen atoms in total. The van der Waals surface area contributed by atoms with E-state index in [2.05, 4.69) is 11.9 Å². The van der Waals surface area contributed by atoms with Crippen molar-refractivity contribution in [2.24, 2.45) is 0 Å². The second-order valence-corrected chi connectivity index (χ2v) is 6.73. The third-order valence-corrected chi connectivity index (χ3v) is 3.96. The minimum atomic E-state index is -0.491. The lowest BCUT2D eigenvalue weighted by Gasteiger charge is -2.12. The Kier molecular flexibility index (Phi) is 6.58. The lowest BCUT2D eigenvalue weighted by atomic mass is 10.0. The molecule has 0 aliphatic heterocycles. The Morgan fingerprint density at radius 3 is 2.73 bits per heavy atom. The van der Waals surface area contributed by atoms with E-state index in [-0.39, 0.29) is 12.3 Å². The first-order chi connectivity index (χ1) is 12.3. The molecule has 0 bridgehead atoms. The van der Waals surface area contributed by atoms with Crippen molar-refractivity contribution >= 4 is 16.9 Å². The van der Waals surface area contributed by atoms with Gasteiger partial charge in [0.15, 0.2) is 0 Å². The molecule has 2 aromatic rings. The number of rotatable bonds is 8. The molecule has 6 heteroatoms. The summed E-state index contributed by atoms with van der Waals surface area (Å²) in [5.74, 6) is 0.417. The number of likely N-dealkylation sites (N-methyl/N-ethyl adjacent to an activating group) is 1. The van der Waals surface area contributed by atoms with E-state index in [0.29, 0.717) is 30.0 Å². The van der Waals surface area contributed by atoms with E-state index in [4.69, 9.17) is 9.15 Å². The minimum Gasteiger partial charge on any atom is -0.489 e. The number of benzene rings is 1. The van der Waals surface area contributed by atoms with Gasteiger partial charge >= 0.3 is 5.63 Å². The van der Waals surface area contributed by atoms with E-state index in [9.17, 15) is 9.59 Å². The fourth-order valence-corrected chi connectivity index (χ4v) is 2.52. The fraction of sp³-hybridized carbons (Fsp3) is 0.400. The lowest BCUT2D eigenvalue weighted by molar-refractivity contribution is -0.120. The summed E-state index contributed by atoms with van der Waals surface area (Å²) in [6.07, 6.45) is 0.00540. The van der Waals surface area contributed by atoms with Crippen LogP contribution in [0, 0.1) is 6.92 Å². The van der Waals surface area contributed by atoms with Crippen molar-refractivity contribution in [1.29, 1.82) is 0 Å². The molecule has 0 aliphatic rings. The molecule has 0 fully saturated rings. The molecular weight excluding hydrogens is 332 g/mol. The second-order valence-electron chi connectivity index (χ2n) is 6.73. The summed E-state index contributed by atoms with van der Waals surface area (Å²) in [5, 5.41) is 3.61. The van der Waals surface area contributed by atoms with Gasteiger partial charge in [0, 0.05) is 24.5 Å². The van der Waals surface area contributed by atoms with Crippen LogP contribution in [0.4, 0.5) is 0 Å². The number of amides is 1. The first kappa shape index (κ1) is 19.7. The van der Waals surface area contributed by atoms with Gasteiger partial charge in [0.05, 0.1) is 12.0 Å². The van der Waals surface area contributed by atoms with Crippen LogP contribution >= 0.6 is 0 Å². The van der Waals surface area contributed by atoms with Crippen molar-refractivity contribution in [3.8, 4) is 5.75 Å². The van der Waals surface area contributed by atoms with Gasteiger partial charge in [-0.3, -0.25) is 4.79 Å². The molecule has 1 aromatic heterocycles. The topological polar surface area (TPSA) is 71.8 Å². The number of fused-ring (bicyclic) bond motifs is 1.